The molecular weight excluding hydrogens is 290 g/mol. The molecule has 0 fully saturated rings. The minimum absolute atomic E-state index is 0.262. The third-order valence-corrected chi connectivity index (χ3v) is 2.84. The molecule has 1 heterocycles. The molecule has 0 spiro atoms. The summed E-state index contributed by atoms with van der Waals surface area (Å²) in [5.41, 5.74) is 0.664. The molecular formula is C13H11Cl2FN2O. The minimum atomic E-state index is -0.814. The SMILES string of the molecule is CCCOc1cccc(-c2nc(Cl)c(F)c(Cl)n2)c1. The van der Waals surface area contributed by atoms with Crippen LogP contribution in [0.15, 0.2) is 24.3 Å². The van der Waals surface area contributed by atoms with Crippen LogP contribution >= 0.6 is 23.2 Å². The summed E-state index contributed by atoms with van der Waals surface area (Å²) < 4.78 is 18.8. The van der Waals surface area contributed by atoms with Crippen LogP contribution in [0.5, 0.6) is 5.75 Å². The van der Waals surface area contributed by atoms with E-state index in [1.165, 1.54) is 0 Å². The third kappa shape index (κ3) is 3.33. The van der Waals surface area contributed by atoms with Crippen molar-refractivity contribution >= 4 is 23.2 Å². The molecule has 0 N–H and O–H groups in total. The molecule has 0 radical (unpaired) electrons. The first kappa shape index (κ1) is 14.0. The largest absolute Gasteiger partial charge is 0.494 e. The van der Waals surface area contributed by atoms with E-state index in [-0.39, 0.29) is 16.1 Å². The van der Waals surface area contributed by atoms with Crippen LogP contribution in [0.1, 0.15) is 13.3 Å². The highest BCUT2D eigenvalue weighted by atomic mass is 35.5. The fraction of sp³-hybridized carbons (Fsp3) is 0.231. The molecule has 0 aliphatic heterocycles. The Kier molecular flexibility index (Phi) is 4.56. The molecule has 0 atom stereocenters. The van der Waals surface area contributed by atoms with Crippen LogP contribution in [0.3, 0.4) is 0 Å². The van der Waals surface area contributed by atoms with Gasteiger partial charge in [-0.1, -0.05) is 42.3 Å². The van der Waals surface area contributed by atoms with Gasteiger partial charge in [-0.2, -0.15) is 0 Å². The molecule has 100 valence electrons. The van der Waals surface area contributed by atoms with Crippen LogP contribution in [0, 0.1) is 5.82 Å². The predicted molar refractivity (Wildman–Crippen MR) is 73.2 cm³/mol. The zero-order valence-corrected chi connectivity index (χ0v) is 11.7. The Morgan fingerprint density at radius 2 is 1.89 bits per heavy atom. The Hall–Kier alpha value is -1.39. The Balaban J connectivity index is 2.36. The van der Waals surface area contributed by atoms with E-state index < -0.39 is 5.82 Å². The molecule has 0 saturated heterocycles. The van der Waals surface area contributed by atoms with E-state index in [0.29, 0.717) is 17.9 Å². The van der Waals surface area contributed by atoms with E-state index in [9.17, 15) is 4.39 Å². The number of benzene rings is 1. The van der Waals surface area contributed by atoms with E-state index in [2.05, 4.69) is 9.97 Å². The first-order valence-electron chi connectivity index (χ1n) is 5.73. The van der Waals surface area contributed by atoms with Gasteiger partial charge in [0, 0.05) is 5.56 Å². The summed E-state index contributed by atoms with van der Waals surface area (Å²) in [4.78, 5) is 7.73. The summed E-state index contributed by atoms with van der Waals surface area (Å²) in [5, 5.41) is -0.593. The lowest BCUT2D eigenvalue weighted by Gasteiger charge is -2.07. The normalized spacial score (nSPS) is 10.5. The van der Waals surface area contributed by atoms with Crippen LogP contribution in [0.25, 0.3) is 11.4 Å². The topological polar surface area (TPSA) is 35.0 Å². The second-order valence-electron chi connectivity index (χ2n) is 3.82. The smallest absolute Gasteiger partial charge is 0.197 e. The number of rotatable bonds is 4. The van der Waals surface area contributed by atoms with E-state index in [1.807, 2.05) is 13.0 Å². The van der Waals surface area contributed by atoms with Gasteiger partial charge in [0.15, 0.2) is 21.9 Å². The highest BCUT2D eigenvalue weighted by Crippen LogP contribution is 2.26. The average Bonchev–Trinajstić information content (AvgIpc) is 2.42. The van der Waals surface area contributed by atoms with Crippen molar-refractivity contribution in [2.75, 3.05) is 6.61 Å². The molecule has 1 aromatic heterocycles. The standard InChI is InChI=1S/C13H11Cl2FN2O/c1-2-6-19-9-5-3-4-8(7-9)13-17-11(14)10(16)12(15)18-13/h3-5,7H,2,6H2,1H3. The lowest BCUT2D eigenvalue weighted by atomic mass is 10.2. The molecule has 0 bridgehead atoms. The maximum Gasteiger partial charge on any atom is 0.197 e. The van der Waals surface area contributed by atoms with E-state index in [4.69, 9.17) is 27.9 Å². The first-order valence-corrected chi connectivity index (χ1v) is 6.49. The van der Waals surface area contributed by atoms with Gasteiger partial charge in [-0.25, -0.2) is 14.4 Å². The van der Waals surface area contributed by atoms with Crippen molar-refractivity contribution in [1.82, 2.24) is 9.97 Å². The summed E-state index contributed by atoms with van der Waals surface area (Å²) in [5.74, 6) is 0.142. The zero-order chi connectivity index (χ0) is 13.8. The highest BCUT2D eigenvalue weighted by molar-refractivity contribution is 6.33. The van der Waals surface area contributed by atoms with Crippen LogP contribution in [0.4, 0.5) is 4.39 Å². The lowest BCUT2D eigenvalue weighted by Crippen LogP contribution is -1.97. The van der Waals surface area contributed by atoms with Gasteiger partial charge in [-0.05, 0) is 18.6 Å². The second kappa shape index (κ2) is 6.17. The van der Waals surface area contributed by atoms with Crippen molar-refractivity contribution < 1.29 is 9.13 Å². The number of halogens is 3. The summed E-state index contributed by atoms with van der Waals surface area (Å²) >= 11 is 11.3. The third-order valence-electron chi connectivity index (χ3n) is 2.34. The summed E-state index contributed by atoms with van der Waals surface area (Å²) in [7, 11) is 0. The van der Waals surface area contributed by atoms with Crippen molar-refractivity contribution in [3.8, 4) is 17.1 Å². The molecule has 0 aliphatic rings. The summed E-state index contributed by atoms with van der Waals surface area (Å²) in [6, 6.07) is 7.16. The monoisotopic (exact) mass is 300 g/mol. The molecule has 0 amide bonds. The molecule has 1 aromatic carbocycles. The molecule has 0 saturated carbocycles. The number of hydrogen-bond donors (Lipinski definition) is 0. The zero-order valence-electron chi connectivity index (χ0n) is 10.2. The van der Waals surface area contributed by atoms with Gasteiger partial charge in [-0.15, -0.1) is 0 Å². The van der Waals surface area contributed by atoms with Crippen LogP contribution < -0.4 is 4.74 Å². The molecule has 2 rings (SSSR count). The fourth-order valence-corrected chi connectivity index (χ4v) is 1.86. The van der Waals surface area contributed by atoms with Crippen molar-refractivity contribution in [3.05, 3.63) is 40.4 Å². The fourth-order valence-electron chi connectivity index (χ4n) is 1.47. The van der Waals surface area contributed by atoms with Crippen LogP contribution in [-0.2, 0) is 0 Å². The quantitative estimate of drug-likeness (QED) is 0.786. The average molecular weight is 301 g/mol. The Labute approximate surface area is 120 Å². The molecule has 3 nitrogen and oxygen atoms in total. The molecule has 19 heavy (non-hydrogen) atoms. The summed E-state index contributed by atoms with van der Waals surface area (Å²) in [6.07, 6.45) is 0.912. The van der Waals surface area contributed by atoms with Crippen LogP contribution in [0.2, 0.25) is 10.3 Å². The summed E-state index contributed by atoms with van der Waals surface area (Å²) in [6.45, 7) is 2.64. The predicted octanol–water partition coefficient (Wildman–Crippen LogP) is 4.38. The highest BCUT2D eigenvalue weighted by Gasteiger charge is 2.12. The van der Waals surface area contributed by atoms with Gasteiger partial charge >= 0.3 is 0 Å². The van der Waals surface area contributed by atoms with Gasteiger partial charge < -0.3 is 4.74 Å². The van der Waals surface area contributed by atoms with Crippen molar-refractivity contribution in [2.24, 2.45) is 0 Å². The van der Waals surface area contributed by atoms with E-state index in [1.54, 1.807) is 18.2 Å². The van der Waals surface area contributed by atoms with Gasteiger partial charge in [0.2, 0.25) is 0 Å². The maximum atomic E-state index is 13.3. The van der Waals surface area contributed by atoms with Gasteiger partial charge in [-0.3, -0.25) is 0 Å². The molecule has 6 heteroatoms. The van der Waals surface area contributed by atoms with Gasteiger partial charge in [0.25, 0.3) is 0 Å². The Bertz CT molecular complexity index is 570. The number of hydrogen-bond acceptors (Lipinski definition) is 3. The molecule has 2 aromatic rings. The Morgan fingerprint density at radius 1 is 1.21 bits per heavy atom. The van der Waals surface area contributed by atoms with Crippen molar-refractivity contribution in [3.63, 3.8) is 0 Å². The minimum Gasteiger partial charge on any atom is -0.494 e. The maximum absolute atomic E-state index is 13.3. The lowest BCUT2D eigenvalue weighted by molar-refractivity contribution is 0.317. The second-order valence-corrected chi connectivity index (χ2v) is 4.54. The Morgan fingerprint density at radius 3 is 2.53 bits per heavy atom. The van der Waals surface area contributed by atoms with Crippen molar-refractivity contribution in [1.29, 1.82) is 0 Å². The number of aromatic nitrogens is 2. The van der Waals surface area contributed by atoms with Crippen LogP contribution in [-0.4, -0.2) is 16.6 Å². The van der Waals surface area contributed by atoms with E-state index in [0.717, 1.165) is 6.42 Å². The molecule has 0 aliphatic carbocycles. The number of ether oxygens (including phenoxy) is 1. The number of nitrogens with zero attached hydrogens (tertiary/aromatic N) is 2. The van der Waals surface area contributed by atoms with Gasteiger partial charge in [0.1, 0.15) is 5.75 Å². The van der Waals surface area contributed by atoms with E-state index >= 15 is 0 Å². The first-order chi connectivity index (χ1) is 9.11. The molecule has 0 unspecified atom stereocenters. The van der Waals surface area contributed by atoms with Gasteiger partial charge in [0.05, 0.1) is 6.61 Å². The van der Waals surface area contributed by atoms with Crippen molar-refractivity contribution in [2.45, 2.75) is 13.3 Å².